The van der Waals surface area contributed by atoms with Crippen molar-refractivity contribution in [3.05, 3.63) is 58.9 Å². The van der Waals surface area contributed by atoms with Crippen LogP contribution in [0.2, 0.25) is 0 Å². The summed E-state index contributed by atoms with van der Waals surface area (Å²) in [6.45, 7) is 4.36. The maximum Gasteiger partial charge on any atom is 0.338 e. The SMILES string of the molecule is COC(=O)c1cc(C)nc2c1c(C)nn2Cc1ccccc1. The van der Waals surface area contributed by atoms with Crippen molar-refractivity contribution in [1.82, 2.24) is 14.8 Å². The number of methoxy groups -OCH3 is 1. The van der Waals surface area contributed by atoms with Crippen molar-refractivity contribution >= 4 is 17.0 Å². The summed E-state index contributed by atoms with van der Waals surface area (Å²) in [5, 5.41) is 5.31. The van der Waals surface area contributed by atoms with Crippen LogP contribution >= 0.6 is 0 Å². The third kappa shape index (κ3) is 2.45. The van der Waals surface area contributed by atoms with E-state index < -0.39 is 0 Å². The molecule has 112 valence electrons. The van der Waals surface area contributed by atoms with Crippen LogP contribution in [0.3, 0.4) is 0 Å². The zero-order valence-electron chi connectivity index (χ0n) is 12.8. The summed E-state index contributed by atoms with van der Waals surface area (Å²) in [5.74, 6) is -0.363. The van der Waals surface area contributed by atoms with E-state index in [1.165, 1.54) is 7.11 Å². The predicted octanol–water partition coefficient (Wildman–Crippen LogP) is 2.88. The lowest BCUT2D eigenvalue weighted by Crippen LogP contribution is -2.06. The third-order valence-electron chi connectivity index (χ3n) is 3.59. The topological polar surface area (TPSA) is 57.0 Å². The highest BCUT2D eigenvalue weighted by Crippen LogP contribution is 2.23. The Labute approximate surface area is 128 Å². The Morgan fingerprint density at radius 1 is 1.23 bits per heavy atom. The van der Waals surface area contributed by atoms with Crippen molar-refractivity contribution < 1.29 is 9.53 Å². The molecule has 2 aromatic heterocycles. The van der Waals surface area contributed by atoms with Crippen LogP contribution in [0.25, 0.3) is 11.0 Å². The molecule has 0 amide bonds. The number of pyridine rings is 1. The molecule has 0 saturated carbocycles. The maximum absolute atomic E-state index is 12.0. The van der Waals surface area contributed by atoms with Gasteiger partial charge in [0, 0.05) is 5.69 Å². The van der Waals surface area contributed by atoms with E-state index in [-0.39, 0.29) is 5.97 Å². The number of hydrogen-bond acceptors (Lipinski definition) is 4. The van der Waals surface area contributed by atoms with Crippen LogP contribution < -0.4 is 0 Å². The molecule has 0 bridgehead atoms. The number of benzene rings is 1. The molecular formula is C17H17N3O2. The Kier molecular flexibility index (Phi) is 3.63. The van der Waals surface area contributed by atoms with Crippen LogP contribution in [-0.4, -0.2) is 27.8 Å². The second-order valence-corrected chi connectivity index (χ2v) is 5.23. The standard InChI is InChI=1S/C17H17N3O2/c1-11-9-14(17(21)22-3)15-12(2)19-20(16(15)18-11)10-13-7-5-4-6-8-13/h4-9H,10H2,1-3H3. The van der Waals surface area contributed by atoms with E-state index in [0.29, 0.717) is 17.8 Å². The number of carbonyl (C=O) groups excluding carboxylic acids is 1. The lowest BCUT2D eigenvalue weighted by atomic mass is 10.1. The van der Waals surface area contributed by atoms with E-state index in [1.807, 2.05) is 48.9 Å². The zero-order chi connectivity index (χ0) is 15.7. The van der Waals surface area contributed by atoms with Gasteiger partial charge in [0.15, 0.2) is 5.65 Å². The molecule has 0 fully saturated rings. The highest BCUT2D eigenvalue weighted by Gasteiger charge is 2.19. The first kappa shape index (κ1) is 14.3. The van der Waals surface area contributed by atoms with Gasteiger partial charge in [0.25, 0.3) is 0 Å². The van der Waals surface area contributed by atoms with Gasteiger partial charge in [0.2, 0.25) is 0 Å². The fourth-order valence-corrected chi connectivity index (χ4v) is 2.62. The van der Waals surface area contributed by atoms with Gasteiger partial charge in [-0.05, 0) is 25.5 Å². The number of aromatic nitrogens is 3. The first-order valence-electron chi connectivity index (χ1n) is 7.07. The van der Waals surface area contributed by atoms with Gasteiger partial charge in [-0.25, -0.2) is 14.5 Å². The molecule has 2 heterocycles. The molecule has 0 N–H and O–H groups in total. The first-order valence-corrected chi connectivity index (χ1v) is 7.07. The molecule has 0 saturated heterocycles. The van der Waals surface area contributed by atoms with Crippen molar-refractivity contribution in [3.63, 3.8) is 0 Å². The third-order valence-corrected chi connectivity index (χ3v) is 3.59. The Balaban J connectivity index is 2.17. The lowest BCUT2D eigenvalue weighted by molar-refractivity contribution is 0.0602. The van der Waals surface area contributed by atoms with Crippen LogP contribution in [-0.2, 0) is 11.3 Å². The fraction of sp³-hybridized carbons (Fsp3) is 0.235. The van der Waals surface area contributed by atoms with Crippen LogP contribution in [0.15, 0.2) is 36.4 Å². The largest absolute Gasteiger partial charge is 0.465 e. The number of rotatable bonds is 3. The maximum atomic E-state index is 12.0. The van der Waals surface area contributed by atoms with Crippen molar-refractivity contribution in [2.24, 2.45) is 0 Å². The van der Waals surface area contributed by atoms with Crippen molar-refractivity contribution in [2.75, 3.05) is 7.11 Å². The van der Waals surface area contributed by atoms with Gasteiger partial charge in [0.05, 0.1) is 30.3 Å². The molecule has 5 heteroatoms. The molecular weight excluding hydrogens is 278 g/mol. The van der Waals surface area contributed by atoms with E-state index in [9.17, 15) is 4.79 Å². The summed E-state index contributed by atoms with van der Waals surface area (Å²) in [6.07, 6.45) is 0. The van der Waals surface area contributed by atoms with Gasteiger partial charge in [-0.3, -0.25) is 0 Å². The number of nitrogens with zero attached hydrogens (tertiary/aromatic N) is 3. The quantitative estimate of drug-likeness (QED) is 0.697. The van der Waals surface area contributed by atoms with Crippen LogP contribution in [0.5, 0.6) is 0 Å². The summed E-state index contributed by atoms with van der Waals surface area (Å²) in [4.78, 5) is 16.6. The summed E-state index contributed by atoms with van der Waals surface area (Å²) >= 11 is 0. The highest BCUT2D eigenvalue weighted by molar-refractivity contribution is 6.03. The molecule has 0 aliphatic carbocycles. The molecule has 0 unspecified atom stereocenters. The average Bonchev–Trinajstić information content (AvgIpc) is 2.82. The van der Waals surface area contributed by atoms with Crippen molar-refractivity contribution in [1.29, 1.82) is 0 Å². The van der Waals surface area contributed by atoms with E-state index in [2.05, 4.69) is 10.1 Å². The van der Waals surface area contributed by atoms with E-state index >= 15 is 0 Å². The molecule has 0 aliphatic heterocycles. The minimum atomic E-state index is -0.363. The minimum Gasteiger partial charge on any atom is -0.465 e. The number of carbonyl (C=O) groups is 1. The number of fused-ring (bicyclic) bond motifs is 1. The Morgan fingerprint density at radius 3 is 2.64 bits per heavy atom. The summed E-state index contributed by atoms with van der Waals surface area (Å²) in [7, 11) is 1.38. The second-order valence-electron chi connectivity index (χ2n) is 5.23. The van der Waals surface area contributed by atoms with Gasteiger partial charge >= 0.3 is 5.97 Å². The number of aryl methyl sites for hydroxylation is 2. The van der Waals surface area contributed by atoms with Gasteiger partial charge in [-0.2, -0.15) is 5.10 Å². The van der Waals surface area contributed by atoms with Crippen LogP contribution in [0.4, 0.5) is 0 Å². The molecule has 1 aromatic carbocycles. The second kappa shape index (κ2) is 5.60. The molecule has 22 heavy (non-hydrogen) atoms. The van der Waals surface area contributed by atoms with E-state index in [1.54, 1.807) is 6.07 Å². The number of ether oxygens (including phenoxy) is 1. The number of hydrogen-bond donors (Lipinski definition) is 0. The average molecular weight is 295 g/mol. The van der Waals surface area contributed by atoms with Gasteiger partial charge in [0.1, 0.15) is 0 Å². The van der Waals surface area contributed by atoms with E-state index in [0.717, 1.165) is 22.3 Å². The Morgan fingerprint density at radius 2 is 1.95 bits per heavy atom. The predicted molar refractivity (Wildman–Crippen MR) is 83.9 cm³/mol. The highest BCUT2D eigenvalue weighted by atomic mass is 16.5. The molecule has 3 aromatic rings. The van der Waals surface area contributed by atoms with Crippen LogP contribution in [0, 0.1) is 13.8 Å². The molecule has 5 nitrogen and oxygen atoms in total. The molecule has 0 aliphatic rings. The molecule has 0 radical (unpaired) electrons. The minimum absolute atomic E-state index is 0.363. The molecule has 0 atom stereocenters. The molecule has 3 rings (SSSR count). The lowest BCUT2D eigenvalue weighted by Gasteiger charge is -2.06. The fourth-order valence-electron chi connectivity index (χ4n) is 2.62. The Bertz CT molecular complexity index is 838. The van der Waals surface area contributed by atoms with Crippen molar-refractivity contribution in [2.45, 2.75) is 20.4 Å². The summed E-state index contributed by atoms with van der Waals surface area (Å²) < 4.78 is 6.71. The smallest absolute Gasteiger partial charge is 0.338 e. The van der Waals surface area contributed by atoms with Gasteiger partial charge in [-0.15, -0.1) is 0 Å². The van der Waals surface area contributed by atoms with Gasteiger partial charge in [-0.1, -0.05) is 30.3 Å². The van der Waals surface area contributed by atoms with Gasteiger partial charge < -0.3 is 4.74 Å². The van der Waals surface area contributed by atoms with E-state index in [4.69, 9.17) is 4.74 Å². The Hall–Kier alpha value is -2.69. The van der Waals surface area contributed by atoms with Crippen LogP contribution in [0.1, 0.15) is 27.3 Å². The molecule has 0 spiro atoms. The monoisotopic (exact) mass is 295 g/mol. The van der Waals surface area contributed by atoms with Crippen molar-refractivity contribution in [3.8, 4) is 0 Å². The zero-order valence-corrected chi connectivity index (χ0v) is 12.8. The normalized spacial score (nSPS) is 10.9. The summed E-state index contributed by atoms with van der Waals surface area (Å²) in [5.41, 5.74) is 3.90. The summed E-state index contributed by atoms with van der Waals surface area (Å²) in [6, 6.07) is 11.8. The first-order chi connectivity index (χ1) is 10.6. The number of esters is 1.